The lowest BCUT2D eigenvalue weighted by Crippen LogP contribution is -2.36. The molecule has 1 aromatic heterocycles. The fourth-order valence-corrected chi connectivity index (χ4v) is 2.66. The molecule has 0 fully saturated rings. The van der Waals surface area contributed by atoms with Crippen LogP contribution in [0.5, 0.6) is 0 Å². The second kappa shape index (κ2) is 9.04. The third-order valence-electron chi connectivity index (χ3n) is 3.93. The first-order valence-electron chi connectivity index (χ1n) is 8.67. The van der Waals surface area contributed by atoms with Gasteiger partial charge in [0.1, 0.15) is 11.5 Å². The molecule has 0 radical (unpaired) electrons. The van der Waals surface area contributed by atoms with Gasteiger partial charge in [0, 0.05) is 22.3 Å². The average Bonchev–Trinajstić information content (AvgIpc) is 3.16. The van der Waals surface area contributed by atoms with Gasteiger partial charge in [-0.3, -0.25) is 15.2 Å². The Morgan fingerprint density at radius 3 is 2.61 bits per heavy atom. The van der Waals surface area contributed by atoms with Gasteiger partial charge < -0.3 is 11.1 Å². The molecule has 3 aromatic rings. The Labute approximate surface area is 178 Å². The number of rotatable bonds is 4. The molecule has 12 heteroatoms. The van der Waals surface area contributed by atoms with Crippen LogP contribution in [0.2, 0.25) is 5.02 Å². The number of hydrogen-bond donors (Lipinski definition) is 4. The van der Waals surface area contributed by atoms with Gasteiger partial charge in [0.25, 0.3) is 5.91 Å². The number of nitrogens with two attached hydrogens (primary N) is 1. The van der Waals surface area contributed by atoms with E-state index in [-0.39, 0.29) is 28.9 Å². The van der Waals surface area contributed by atoms with Gasteiger partial charge in [-0.2, -0.15) is 18.3 Å². The Kier molecular flexibility index (Phi) is 6.44. The quantitative estimate of drug-likeness (QED) is 0.205. The topological polar surface area (TPSA) is 108 Å². The van der Waals surface area contributed by atoms with E-state index < -0.39 is 23.6 Å². The average molecular weight is 455 g/mol. The zero-order chi connectivity index (χ0) is 22.6. The molecule has 31 heavy (non-hydrogen) atoms. The number of H-pyrrole nitrogens is 1. The van der Waals surface area contributed by atoms with Crippen molar-refractivity contribution in [2.75, 3.05) is 11.1 Å². The fraction of sp³-hybridized carbons (Fsp3) is 0.105. The van der Waals surface area contributed by atoms with E-state index in [1.165, 1.54) is 24.3 Å². The largest absolute Gasteiger partial charge is 0.432 e. The summed E-state index contributed by atoms with van der Waals surface area (Å²) in [5.74, 6) is -1.59. The zero-order valence-electron chi connectivity index (χ0n) is 15.6. The smallest absolute Gasteiger partial charge is 0.399 e. The van der Waals surface area contributed by atoms with Crippen LogP contribution < -0.4 is 16.4 Å². The first-order valence-corrected chi connectivity index (χ1v) is 9.04. The van der Waals surface area contributed by atoms with Crippen molar-refractivity contribution in [3.05, 3.63) is 76.2 Å². The van der Waals surface area contributed by atoms with E-state index in [0.29, 0.717) is 17.3 Å². The number of anilines is 2. The highest BCUT2D eigenvalue weighted by molar-refractivity contribution is 6.31. The van der Waals surface area contributed by atoms with Crippen LogP contribution in [0.3, 0.4) is 0 Å². The number of halogens is 5. The van der Waals surface area contributed by atoms with Crippen LogP contribution in [-0.2, 0) is 12.7 Å². The van der Waals surface area contributed by atoms with E-state index >= 15 is 0 Å². The molecule has 1 amide bonds. The monoisotopic (exact) mass is 454 g/mol. The van der Waals surface area contributed by atoms with Crippen LogP contribution >= 0.6 is 11.6 Å². The van der Waals surface area contributed by atoms with E-state index in [9.17, 15) is 22.4 Å². The number of nitrogens with one attached hydrogen (secondary N) is 3. The fourth-order valence-electron chi connectivity index (χ4n) is 2.44. The maximum Gasteiger partial charge on any atom is 0.432 e. The minimum absolute atomic E-state index is 0.101. The van der Waals surface area contributed by atoms with Crippen molar-refractivity contribution in [2.24, 2.45) is 4.99 Å². The van der Waals surface area contributed by atoms with Gasteiger partial charge in [-0.05, 0) is 35.9 Å². The third-order valence-corrected chi connectivity index (χ3v) is 4.28. The number of nitrogens with zero attached hydrogens (tertiary/aromatic N) is 2. The molecule has 0 aliphatic rings. The minimum Gasteiger partial charge on any atom is -0.399 e. The van der Waals surface area contributed by atoms with Gasteiger partial charge in [-0.25, -0.2) is 9.38 Å². The first kappa shape index (κ1) is 22.1. The normalized spacial score (nSPS) is 12.0. The highest BCUT2D eigenvalue weighted by Gasteiger charge is 2.33. The number of aromatic nitrogens is 2. The van der Waals surface area contributed by atoms with E-state index in [0.717, 1.165) is 6.07 Å². The number of carbonyl (C=O) groups is 1. The van der Waals surface area contributed by atoms with E-state index in [1.54, 1.807) is 12.1 Å². The highest BCUT2D eigenvalue weighted by Crippen LogP contribution is 2.28. The predicted molar refractivity (Wildman–Crippen MR) is 108 cm³/mol. The Morgan fingerprint density at radius 1 is 1.19 bits per heavy atom. The lowest BCUT2D eigenvalue weighted by molar-refractivity contribution is -0.141. The molecule has 7 nitrogen and oxygen atoms in total. The van der Waals surface area contributed by atoms with E-state index in [2.05, 4.69) is 20.7 Å². The Morgan fingerprint density at radius 2 is 1.97 bits per heavy atom. The van der Waals surface area contributed by atoms with Crippen molar-refractivity contribution < 1.29 is 22.4 Å². The van der Waals surface area contributed by atoms with Gasteiger partial charge in [0.15, 0.2) is 5.82 Å². The zero-order valence-corrected chi connectivity index (χ0v) is 16.4. The van der Waals surface area contributed by atoms with Crippen LogP contribution in [0.15, 0.2) is 53.5 Å². The minimum atomic E-state index is -4.63. The first-order chi connectivity index (χ1) is 14.6. The lowest BCUT2D eigenvalue weighted by Gasteiger charge is -2.11. The van der Waals surface area contributed by atoms with Crippen molar-refractivity contribution in [1.29, 1.82) is 0 Å². The Bertz CT molecular complexity index is 1130. The van der Waals surface area contributed by atoms with Gasteiger partial charge in [0.05, 0.1) is 6.54 Å². The van der Waals surface area contributed by atoms with Crippen LogP contribution in [0.1, 0.15) is 21.6 Å². The molecule has 0 atom stereocenters. The second-order valence-electron chi connectivity index (χ2n) is 6.27. The molecule has 0 saturated carbocycles. The molecule has 162 valence electrons. The van der Waals surface area contributed by atoms with E-state index in [4.69, 9.17) is 17.3 Å². The van der Waals surface area contributed by atoms with Crippen molar-refractivity contribution in [1.82, 2.24) is 15.5 Å². The molecule has 0 spiro atoms. The summed E-state index contributed by atoms with van der Waals surface area (Å²) in [4.78, 5) is 16.7. The molecule has 1 heterocycles. The lowest BCUT2D eigenvalue weighted by atomic mass is 10.2. The molecule has 2 aromatic carbocycles. The predicted octanol–water partition coefficient (Wildman–Crippen LogP) is 4.20. The number of carbonyl (C=O) groups excluding carboxylic acids is 1. The molecular weight excluding hydrogens is 440 g/mol. The molecule has 0 unspecified atom stereocenters. The molecule has 5 N–H and O–H groups in total. The van der Waals surface area contributed by atoms with Crippen LogP contribution in [-0.4, -0.2) is 22.1 Å². The van der Waals surface area contributed by atoms with Crippen molar-refractivity contribution >= 4 is 35.0 Å². The number of guanidine groups is 1. The van der Waals surface area contributed by atoms with E-state index in [1.807, 2.05) is 5.10 Å². The maximum absolute atomic E-state index is 13.2. The Balaban J connectivity index is 1.85. The summed E-state index contributed by atoms with van der Waals surface area (Å²) in [6, 6.07) is 10.4. The summed E-state index contributed by atoms with van der Waals surface area (Å²) in [6.45, 7) is -0.102. The molecule has 0 aliphatic heterocycles. The number of amides is 1. The number of alkyl halides is 3. The van der Waals surface area contributed by atoms with Crippen LogP contribution in [0.25, 0.3) is 0 Å². The number of benzene rings is 2. The number of nitrogen functional groups attached to an aromatic ring is 1. The van der Waals surface area contributed by atoms with Crippen LogP contribution in [0, 0.1) is 5.82 Å². The summed E-state index contributed by atoms with van der Waals surface area (Å²) in [6.07, 6.45) is -4.63. The maximum atomic E-state index is 13.2. The van der Waals surface area contributed by atoms with Crippen LogP contribution in [0.4, 0.5) is 29.1 Å². The summed E-state index contributed by atoms with van der Waals surface area (Å²) >= 11 is 5.97. The SMILES string of the molecule is Nc1cccc(C(=O)NC(=NCc2ccc(F)cc2Cl)Nc2cc(C(F)(F)F)[nH]n2)c1. The van der Waals surface area contributed by atoms with Gasteiger partial charge in [-0.15, -0.1) is 0 Å². The summed E-state index contributed by atoms with van der Waals surface area (Å²) in [5.41, 5.74) is 5.56. The molecule has 0 saturated heterocycles. The van der Waals surface area contributed by atoms with Crippen molar-refractivity contribution in [3.8, 4) is 0 Å². The highest BCUT2D eigenvalue weighted by atomic mass is 35.5. The third kappa shape index (κ3) is 5.95. The molecule has 0 bridgehead atoms. The van der Waals surface area contributed by atoms with Gasteiger partial charge in [0.2, 0.25) is 5.96 Å². The number of aromatic amines is 1. The second-order valence-corrected chi connectivity index (χ2v) is 6.68. The number of hydrogen-bond acceptors (Lipinski definition) is 4. The van der Waals surface area contributed by atoms with Gasteiger partial charge >= 0.3 is 6.18 Å². The molecular formula is C19H15ClF4N6O. The molecule has 3 rings (SSSR count). The standard InChI is InChI=1S/C19H15ClF4N6O/c20-14-7-12(21)5-4-11(14)9-26-18(27-16-8-15(29-30-16)19(22,23)24)28-17(31)10-2-1-3-13(25)6-10/h1-8H,9,25H2,(H3,26,27,28,29,30,31). The molecule has 0 aliphatic carbocycles. The Hall–Kier alpha value is -3.60. The summed E-state index contributed by atoms with van der Waals surface area (Å²) in [7, 11) is 0. The van der Waals surface area contributed by atoms with Crippen molar-refractivity contribution in [3.63, 3.8) is 0 Å². The van der Waals surface area contributed by atoms with Gasteiger partial charge in [-0.1, -0.05) is 23.7 Å². The van der Waals surface area contributed by atoms with Crippen molar-refractivity contribution in [2.45, 2.75) is 12.7 Å². The number of aliphatic imine (C=N–C) groups is 1. The summed E-state index contributed by atoms with van der Waals surface area (Å²) in [5, 5.41) is 10.4. The summed E-state index contributed by atoms with van der Waals surface area (Å²) < 4.78 is 51.6.